The van der Waals surface area contributed by atoms with Crippen LogP contribution in [0.4, 0.5) is 0 Å². The van der Waals surface area contributed by atoms with Crippen molar-refractivity contribution in [2.24, 2.45) is 5.92 Å². The molecule has 1 unspecified atom stereocenters. The van der Waals surface area contributed by atoms with Gasteiger partial charge in [0.2, 0.25) is 0 Å². The molecule has 0 N–H and O–H groups in total. The van der Waals surface area contributed by atoms with Crippen molar-refractivity contribution >= 4 is 43.1 Å². The summed E-state index contributed by atoms with van der Waals surface area (Å²) in [6.07, 6.45) is 0. The Morgan fingerprint density at radius 2 is 1.56 bits per heavy atom. The summed E-state index contributed by atoms with van der Waals surface area (Å²) in [5.41, 5.74) is 5.82. The molecule has 0 aliphatic heterocycles. The first-order chi connectivity index (χ1) is 11.4. The number of benzene rings is 1. The van der Waals surface area contributed by atoms with Gasteiger partial charge >= 0.3 is 167 Å². The quantitative estimate of drug-likeness (QED) is 0.399. The first-order valence-corrected chi connectivity index (χ1v) is 16.6. The van der Waals surface area contributed by atoms with Crippen LogP contribution in [-0.2, 0) is 22.9 Å². The second kappa shape index (κ2) is 10.4. The molecule has 0 fully saturated rings. The minimum Gasteiger partial charge on any atom is -0.147 e. The standard InChI is InChI=1S/C10H13ClO.C9H13.C2H7Si.2ClH.Ti/c1-10(2,3)7-4-8(11)6-9(12)5-7;1-6-5-7(2)9(4)8(6)3;1-3-2;;;/h4-6,12H,1-3H3;6H,1-4H3;3H,1-2H3;2*1H;/q;;;;;+1/p-1. The van der Waals surface area contributed by atoms with E-state index in [0.29, 0.717) is 5.92 Å². The zero-order chi connectivity index (χ0) is 19.1. The van der Waals surface area contributed by atoms with Crippen LogP contribution in [-0.4, -0.2) is 6.66 Å². The first kappa shape index (κ1) is 27.3. The molecular weight excluding hydrogens is 451 g/mol. The van der Waals surface area contributed by atoms with Crippen LogP contribution in [0.15, 0.2) is 38.8 Å². The fourth-order valence-electron chi connectivity index (χ4n) is 3.43. The zero-order valence-corrected chi connectivity index (χ0v) is 23.1. The summed E-state index contributed by atoms with van der Waals surface area (Å²) in [7, 11) is 0. The fourth-order valence-corrected chi connectivity index (χ4v) is 13.6. The third kappa shape index (κ3) is 6.14. The topological polar surface area (TPSA) is 9.23 Å². The first-order valence-electron chi connectivity index (χ1n) is 9.18. The molecule has 0 spiro atoms. The second-order valence-corrected chi connectivity index (χ2v) is 21.2. The summed E-state index contributed by atoms with van der Waals surface area (Å²) in [4.78, 5) is 0. The molecule has 27 heavy (non-hydrogen) atoms. The molecule has 0 heterocycles. The molecule has 0 amide bonds. The summed E-state index contributed by atoms with van der Waals surface area (Å²) in [5.74, 6) is 1.52. The van der Waals surface area contributed by atoms with E-state index >= 15 is 0 Å². The molecule has 1 aromatic rings. The molecule has 0 bridgehead atoms. The van der Waals surface area contributed by atoms with Crippen molar-refractivity contribution in [3.63, 3.8) is 0 Å². The second-order valence-electron chi connectivity index (χ2n) is 8.61. The molecule has 1 nitrogen and oxygen atoms in total. The summed E-state index contributed by atoms with van der Waals surface area (Å²) in [6.45, 7) is 19.9. The number of allylic oxidation sites excluding steroid dienone is 4. The Morgan fingerprint density at radius 1 is 1.00 bits per heavy atom. The third-order valence-corrected chi connectivity index (χ3v) is 16.1. The van der Waals surface area contributed by atoms with Crippen LogP contribution in [0.5, 0.6) is 5.75 Å². The fraction of sp³-hybridized carbons (Fsp3) is 0.524. The molecule has 1 aromatic carbocycles. The minimum absolute atomic E-state index is 0. The normalized spacial score (nSPS) is 17.1. The molecule has 0 saturated heterocycles. The molecule has 0 radical (unpaired) electrons. The van der Waals surface area contributed by atoms with Gasteiger partial charge in [0.25, 0.3) is 0 Å². The maximum absolute atomic E-state index is 6.77. The number of hydrogen-bond donors (Lipinski definition) is 0. The van der Waals surface area contributed by atoms with E-state index in [2.05, 4.69) is 73.7 Å². The molecule has 1 atom stereocenters. The van der Waals surface area contributed by atoms with Crippen molar-refractivity contribution in [3.05, 3.63) is 49.4 Å². The molecule has 2 rings (SSSR count). The molecule has 1 aliphatic carbocycles. The van der Waals surface area contributed by atoms with E-state index in [4.69, 9.17) is 14.9 Å². The van der Waals surface area contributed by atoms with Crippen molar-refractivity contribution in [1.29, 1.82) is 0 Å². The Bertz CT molecular complexity index is 735. The Labute approximate surface area is 190 Å². The monoisotopic (exact) mass is 483 g/mol. The number of rotatable bonds is 4. The van der Waals surface area contributed by atoms with Gasteiger partial charge < -0.3 is 0 Å². The van der Waals surface area contributed by atoms with Crippen molar-refractivity contribution in [2.45, 2.75) is 67.0 Å². The van der Waals surface area contributed by atoms with Gasteiger partial charge in [-0.1, -0.05) is 0 Å². The van der Waals surface area contributed by atoms with E-state index in [1.807, 2.05) is 6.07 Å². The largest absolute Gasteiger partial charge is 0.147 e. The van der Waals surface area contributed by atoms with Gasteiger partial charge in [0.1, 0.15) is 0 Å². The van der Waals surface area contributed by atoms with Gasteiger partial charge in [0.05, 0.1) is 0 Å². The summed E-state index contributed by atoms with van der Waals surface area (Å²) in [5, 5.41) is 0.779. The van der Waals surface area contributed by atoms with E-state index in [1.54, 1.807) is 3.88 Å². The van der Waals surface area contributed by atoms with Gasteiger partial charge in [0, 0.05) is 0 Å². The van der Waals surface area contributed by atoms with Gasteiger partial charge in [-0.25, -0.2) is 0 Å². The molecule has 1 aliphatic rings. The van der Waals surface area contributed by atoms with E-state index in [9.17, 15) is 0 Å². The van der Waals surface area contributed by atoms with Crippen molar-refractivity contribution in [3.8, 4) is 5.75 Å². The van der Waals surface area contributed by atoms with Gasteiger partial charge in [-0.2, -0.15) is 0 Å². The molecule has 153 valence electrons. The van der Waals surface area contributed by atoms with Crippen LogP contribution in [0.2, 0.25) is 18.1 Å². The van der Waals surface area contributed by atoms with Gasteiger partial charge in [-0.15, -0.1) is 24.8 Å². The van der Waals surface area contributed by atoms with E-state index in [0.717, 1.165) is 10.8 Å². The number of halogens is 3. The van der Waals surface area contributed by atoms with Gasteiger partial charge in [0.15, 0.2) is 0 Å². The van der Waals surface area contributed by atoms with E-state index < -0.39 is 24.2 Å². The molecule has 0 saturated carbocycles. The molecule has 0 aromatic heterocycles. The average Bonchev–Trinajstić information content (AvgIpc) is 2.67. The molecular formula is C21H34Cl3OSiTi. The van der Waals surface area contributed by atoms with Crippen LogP contribution in [0.25, 0.3) is 0 Å². The van der Waals surface area contributed by atoms with E-state index in [1.165, 1.54) is 22.3 Å². The Kier molecular flexibility index (Phi) is 10.5. The van der Waals surface area contributed by atoms with Crippen LogP contribution in [0, 0.1) is 5.92 Å². The Hall–Kier alpha value is 0.301. The zero-order valence-electron chi connectivity index (χ0n) is 18.0. The Balaban J connectivity index is 0.00000338. The maximum Gasteiger partial charge on any atom is -0.147 e. The van der Waals surface area contributed by atoms with Crippen LogP contribution in [0.3, 0.4) is 0 Å². The predicted octanol–water partition coefficient (Wildman–Crippen LogP) is 7.64. The van der Waals surface area contributed by atoms with Crippen LogP contribution < -0.4 is 3.32 Å². The van der Waals surface area contributed by atoms with Gasteiger partial charge in [-0.3, -0.25) is 0 Å². The maximum atomic E-state index is 6.77. The smallest absolute Gasteiger partial charge is 0.147 e. The summed E-state index contributed by atoms with van der Waals surface area (Å²) >= 11 is 4.62. The summed E-state index contributed by atoms with van der Waals surface area (Å²) < 4.78 is 8.42. The van der Waals surface area contributed by atoms with Crippen LogP contribution in [0.1, 0.15) is 54.0 Å². The van der Waals surface area contributed by atoms with Gasteiger partial charge in [-0.05, 0) is 0 Å². The molecule has 6 heteroatoms. The van der Waals surface area contributed by atoms with Crippen molar-refractivity contribution < 1.29 is 20.8 Å². The third-order valence-electron chi connectivity index (χ3n) is 5.40. The van der Waals surface area contributed by atoms with E-state index in [-0.39, 0.29) is 30.2 Å². The minimum atomic E-state index is -1.79. The SMILES string of the molecule is CC1=C(C)C(C)[C]([Ti]([O]c2cc(Cl)cc(C(C)(C)C)c2)[SiH](C)C)=C1C.Cl.Cl. The van der Waals surface area contributed by atoms with Crippen molar-refractivity contribution in [2.75, 3.05) is 0 Å². The number of hydrogen-bond acceptors (Lipinski definition) is 1. The Morgan fingerprint density at radius 3 is 1.96 bits per heavy atom. The predicted molar refractivity (Wildman–Crippen MR) is 124 cm³/mol. The van der Waals surface area contributed by atoms with Crippen LogP contribution >= 0.6 is 36.4 Å². The average molecular weight is 485 g/mol. The van der Waals surface area contributed by atoms with Crippen molar-refractivity contribution in [1.82, 2.24) is 0 Å². The summed E-state index contributed by atoms with van der Waals surface area (Å²) in [6, 6.07) is 6.28.